The topological polar surface area (TPSA) is 69.0 Å². The minimum atomic E-state index is -1.22. The molecule has 0 saturated heterocycles. The fraction of sp³-hybridized carbons (Fsp3) is 0.250. The van der Waals surface area contributed by atoms with Gasteiger partial charge in [-0.25, -0.2) is 8.78 Å². The van der Waals surface area contributed by atoms with Gasteiger partial charge in [-0.15, -0.1) is 0 Å². The number of hydrogen-bond acceptors (Lipinski definition) is 2. The highest BCUT2D eigenvalue weighted by Gasteiger charge is 2.17. The van der Waals surface area contributed by atoms with Gasteiger partial charge in [0.1, 0.15) is 11.6 Å². The lowest BCUT2D eigenvalue weighted by atomic mass is 10.1. The van der Waals surface area contributed by atoms with Gasteiger partial charge in [0.25, 0.3) is 0 Å². The van der Waals surface area contributed by atoms with Gasteiger partial charge in [0, 0.05) is 10.5 Å². The first-order valence-corrected chi connectivity index (χ1v) is 3.79. The van der Waals surface area contributed by atoms with Crippen molar-refractivity contribution in [3.05, 3.63) is 45.8 Å². The van der Waals surface area contributed by atoms with Gasteiger partial charge in [-0.05, 0) is 17.7 Å². The van der Waals surface area contributed by atoms with Crippen molar-refractivity contribution in [1.82, 2.24) is 0 Å². The first kappa shape index (κ1) is 10.4. The second-order valence-corrected chi connectivity index (χ2v) is 2.54. The molecule has 0 aliphatic heterocycles. The molecule has 6 heteroatoms. The average Bonchev–Trinajstić information content (AvgIpc) is 2.16. The Morgan fingerprint density at radius 1 is 1.43 bits per heavy atom. The molecule has 1 aromatic carbocycles. The van der Waals surface area contributed by atoms with Gasteiger partial charge in [0.15, 0.2) is 0 Å². The van der Waals surface area contributed by atoms with Gasteiger partial charge in [-0.3, -0.25) is 0 Å². The third-order valence-electron chi connectivity index (χ3n) is 1.70. The molecule has 1 N–H and O–H groups in total. The van der Waals surface area contributed by atoms with Crippen LogP contribution < -0.4 is 0 Å². The second-order valence-electron chi connectivity index (χ2n) is 2.54. The average molecular weight is 199 g/mol. The van der Waals surface area contributed by atoms with Crippen LogP contribution in [0, 0.1) is 11.6 Å². The first-order valence-electron chi connectivity index (χ1n) is 3.79. The quantitative estimate of drug-likeness (QED) is 0.453. The Morgan fingerprint density at radius 3 is 2.43 bits per heavy atom. The van der Waals surface area contributed by atoms with Gasteiger partial charge in [-0.1, -0.05) is 11.2 Å². The van der Waals surface area contributed by atoms with Crippen molar-refractivity contribution in [1.29, 1.82) is 0 Å². The van der Waals surface area contributed by atoms with Crippen molar-refractivity contribution in [2.45, 2.75) is 6.04 Å². The van der Waals surface area contributed by atoms with Crippen molar-refractivity contribution in [3.8, 4) is 0 Å². The molecule has 0 fully saturated rings. The third-order valence-corrected chi connectivity index (χ3v) is 1.70. The summed E-state index contributed by atoms with van der Waals surface area (Å²) in [5, 5.41) is 11.8. The summed E-state index contributed by atoms with van der Waals surface area (Å²) in [5.41, 5.74) is 7.70. The maximum absolute atomic E-state index is 13.1. The molecule has 1 rings (SSSR count). The van der Waals surface area contributed by atoms with E-state index in [2.05, 4.69) is 10.0 Å². The van der Waals surface area contributed by atoms with Crippen LogP contribution in [-0.2, 0) is 0 Å². The Hall–Kier alpha value is -1.65. The predicted octanol–water partition coefficient (Wildman–Crippen LogP) is 2.31. The van der Waals surface area contributed by atoms with Gasteiger partial charge >= 0.3 is 0 Å². The zero-order valence-corrected chi connectivity index (χ0v) is 7.06. The summed E-state index contributed by atoms with van der Waals surface area (Å²) in [6.07, 6.45) is 0. The number of halogens is 2. The number of rotatable bonds is 3. The van der Waals surface area contributed by atoms with E-state index in [-0.39, 0.29) is 0 Å². The minimum Gasteiger partial charge on any atom is -0.396 e. The van der Waals surface area contributed by atoms with E-state index in [4.69, 9.17) is 10.6 Å². The summed E-state index contributed by atoms with van der Waals surface area (Å²) in [5.74, 6) is -1.67. The Bertz CT molecular complexity index is 357. The van der Waals surface area contributed by atoms with Crippen LogP contribution in [0.4, 0.5) is 8.78 Å². The lowest BCUT2D eigenvalue weighted by Crippen LogP contribution is -2.05. The molecule has 0 aliphatic rings. The number of hydrogen-bond donors (Lipinski definition) is 1. The predicted molar refractivity (Wildman–Crippen MR) is 45.3 cm³/mol. The molecule has 0 heterocycles. The lowest BCUT2D eigenvalue weighted by molar-refractivity contribution is 0.262. The van der Waals surface area contributed by atoms with Gasteiger partial charge in [0.05, 0.1) is 12.6 Å². The molecule has 0 amide bonds. The van der Waals surface area contributed by atoms with E-state index in [1.54, 1.807) is 0 Å². The first-order chi connectivity index (χ1) is 6.70. The molecule has 0 spiro atoms. The van der Waals surface area contributed by atoms with E-state index in [1.165, 1.54) is 6.07 Å². The Balaban J connectivity index is 3.21. The molecule has 0 aromatic heterocycles. The summed E-state index contributed by atoms with van der Waals surface area (Å²) in [6, 6.07) is 2.04. The number of nitrogens with zero attached hydrogens (tertiary/aromatic N) is 3. The monoisotopic (exact) mass is 199 g/mol. The van der Waals surface area contributed by atoms with Crippen LogP contribution in [-0.4, -0.2) is 11.7 Å². The lowest BCUT2D eigenvalue weighted by Gasteiger charge is -2.09. The molecule has 1 unspecified atom stereocenters. The van der Waals surface area contributed by atoms with Crippen LogP contribution in [0.5, 0.6) is 0 Å². The Labute approximate surface area is 78.4 Å². The summed E-state index contributed by atoms with van der Waals surface area (Å²) < 4.78 is 26.2. The largest absolute Gasteiger partial charge is 0.396 e. The van der Waals surface area contributed by atoms with Crippen molar-refractivity contribution >= 4 is 0 Å². The van der Waals surface area contributed by atoms with Crippen molar-refractivity contribution in [2.75, 3.05) is 6.61 Å². The third kappa shape index (κ3) is 1.99. The SMILES string of the molecule is [N-]=[N+]=NC(CO)c1c(F)cccc1F. The number of aliphatic hydroxyl groups excluding tert-OH is 1. The summed E-state index contributed by atoms with van der Waals surface area (Å²) in [4.78, 5) is 2.40. The molecule has 74 valence electrons. The number of aliphatic hydroxyl groups is 1. The van der Waals surface area contributed by atoms with Crippen LogP contribution in [0.1, 0.15) is 11.6 Å². The molecule has 1 aromatic rings. The van der Waals surface area contributed by atoms with Gasteiger partial charge in [0.2, 0.25) is 0 Å². The van der Waals surface area contributed by atoms with Crippen LogP contribution >= 0.6 is 0 Å². The summed E-state index contributed by atoms with van der Waals surface area (Å²) >= 11 is 0. The molecule has 1 atom stereocenters. The molecule has 0 aliphatic carbocycles. The van der Waals surface area contributed by atoms with Crippen LogP contribution in [0.2, 0.25) is 0 Å². The highest BCUT2D eigenvalue weighted by Crippen LogP contribution is 2.23. The van der Waals surface area contributed by atoms with Crippen molar-refractivity contribution in [3.63, 3.8) is 0 Å². The fourth-order valence-electron chi connectivity index (χ4n) is 1.08. The molecule has 0 radical (unpaired) electrons. The van der Waals surface area contributed by atoms with Gasteiger partial charge < -0.3 is 5.11 Å². The molecule has 0 saturated carbocycles. The second kappa shape index (κ2) is 4.55. The highest BCUT2D eigenvalue weighted by molar-refractivity contribution is 5.23. The minimum absolute atomic E-state index is 0.409. The summed E-state index contributed by atoms with van der Waals surface area (Å²) in [7, 11) is 0. The molecule has 4 nitrogen and oxygen atoms in total. The molecular weight excluding hydrogens is 192 g/mol. The summed E-state index contributed by atoms with van der Waals surface area (Å²) in [6.45, 7) is -0.637. The fourth-order valence-corrected chi connectivity index (χ4v) is 1.08. The highest BCUT2D eigenvalue weighted by atomic mass is 19.1. The van der Waals surface area contributed by atoms with E-state index in [0.29, 0.717) is 0 Å². The maximum Gasteiger partial charge on any atom is 0.129 e. The number of azide groups is 1. The normalized spacial score (nSPS) is 11.9. The van der Waals surface area contributed by atoms with Crippen LogP contribution in [0.15, 0.2) is 23.3 Å². The van der Waals surface area contributed by atoms with E-state index >= 15 is 0 Å². The van der Waals surface area contributed by atoms with Gasteiger partial charge in [-0.2, -0.15) is 0 Å². The Morgan fingerprint density at radius 2 is 2.00 bits per heavy atom. The number of benzene rings is 1. The van der Waals surface area contributed by atoms with E-state index in [0.717, 1.165) is 12.1 Å². The zero-order chi connectivity index (χ0) is 10.6. The molecule has 14 heavy (non-hydrogen) atoms. The van der Waals surface area contributed by atoms with Crippen LogP contribution in [0.25, 0.3) is 10.4 Å². The standard InChI is InChI=1S/C8H7F2N3O/c9-5-2-1-3-6(10)8(5)7(4-14)12-13-11/h1-3,7,14H,4H2. The molecular formula is C8H7F2N3O. The molecule has 0 bridgehead atoms. The Kier molecular flexibility index (Phi) is 3.39. The zero-order valence-electron chi connectivity index (χ0n) is 7.06. The van der Waals surface area contributed by atoms with Crippen molar-refractivity contribution < 1.29 is 13.9 Å². The van der Waals surface area contributed by atoms with E-state index in [9.17, 15) is 8.78 Å². The van der Waals surface area contributed by atoms with E-state index in [1.807, 2.05) is 0 Å². The maximum atomic E-state index is 13.1. The van der Waals surface area contributed by atoms with E-state index < -0.39 is 29.8 Å². The van der Waals surface area contributed by atoms with Crippen molar-refractivity contribution in [2.24, 2.45) is 5.11 Å². The van der Waals surface area contributed by atoms with Crippen LogP contribution in [0.3, 0.4) is 0 Å². The smallest absolute Gasteiger partial charge is 0.129 e.